The molecule has 0 aliphatic heterocycles. The molecule has 0 unspecified atom stereocenters. The van der Waals surface area contributed by atoms with E-state index >= 15 is 0 Å². The summed E-state index contributed by atoms with van der Waals surface area (Å²) in [5, 5.41) is 3.24. The molecule has 0 spiro atoms. The molecule has 0 bridgehead atoms. The lowest BCUT2D eigenvalue weighted by Gasteiger charge is -2.21. The first-order valence-corrected chi connectivity index (χ1v) is 5.88. The number of hydrogen-bond acceptors (Lipinski definition) is 3. The van der Waals surface area contributed by atoms with Crippen LogP contribution in [0.15, 0.2) is 24.3 Å². The van der Waals surface area contributed by atoms with Gasteiger partial charge in [-0.3, -0.25) is 0 Å². The van der Waals surface area contributed by atoms with E-state index in [1.165, 1.54) is 0 Å². The van der Waals surface area contributed by atoms with Gasteiger partial charge in [-0.2, -0.15) is 0 Å². The third-order valence-corrected chi connectivity index (χ3v) is 1.99. The third kappa shape index (κ3) is 4.47. The zero-order valence-electron chi connectivity index (χ0n) is 11.2. The monoisotopic (exact) mass is 235 g/mol. The van der Waals surface area contributed by atoms with Crippen LogP contribution in [0, 0.1) is 0 Å². The Hall–Kier alpha value is -1.51. The molecular weight excluding hydrogens is 214 g/mol. The van der Waals surface area contributed by atoms with E-state index in [9.17, 15) is 4.79 Å². The first-order valence-electron chi connectivity index (χ1n) is 5.88. The molecule has 0 saturated heterocycles. The quantitative estimate of drug-likeness (QED) is 0.815. The lowest BCUT2D eigenvalue weighted by molar-refractivity contribution is 0.00707. The molecule has 0 radical (unpaired) electrons. The molecule has 3 nitrogen and oxygen atoms in total. The van der Waals surface area contributed by atoms with Crippen LogP contribution < -0.4 is 5.32 Å². The van der Waals surface area contributed by atoms with Crippen molar-refractivity contribution in [2.24, 2.45) is 0 Å². The van der Waals surface area contributed by atoms with E-state index in [0.717, 1.165) is 5.69 Å². The molecular formula is C14H21NO2. The van der Waals surface area contributed by atoms with Crippen molar-refractivity contribution in [2.75, 3.05) is 5.32 Å². The molecule has 1 aromatic rings. The van der Waals surface area contributed by atoms with Gasteiger partial charge in [0.1, 0.15) is 5.60 Å². The van der Waals surface area contributed by atoms with Crippen molar-refractivity contribution in [3.05, 3.63) is 29.8 Å². The Morgan fingerprint density at radius 2 is 1.82 bits per heavy atom. The number of hydrogen-bond donors (Lipinski definition) is 1. The van der Waals surface area contributed by atoms with Gasteiger partial charge in [-0.15, -0.1) is 0 Å². The van der Waals surface area contributed by atoms with E-state index in [4.69, 9.17) is 4.74 Å². The molecule has 0 amide bonds. The minimum atomic E-state index is -0.470. The van der Waals surface area contributed by atoms with Crippen LogP contribution in [0.2, 0.25) is 0 Å². The maximum absolute atomic E-state index is 12.0. The van der Waals surface area contributed by atoms with Gasteiger partial charge in [0.15, 0.2) is 0 Å². The highest BCUT2D eigenvalue weighted by atomic mass is 16.6. The second-order valence-electron chi connectivity index (χ2n) is 5.35. The van der Waals surface area contributed by atoms with Crippen LogP contribution in [-0.2, 0) is 4.74 Å². The third-order valence-electron chi connectivity index (χ3n) is 1.99. The maximum Gasteiger partial charge on any atom is 0.340 e. The van der Waals surface area contributed by atoms with Crippen LogP contribution in [0.1, 0.15) is 45.0 Å². The van der Waals surface area contributed by atoms with Crippen LogP contribution in [0.4, 0.5) is 5.69 Å². The predicted molar refractivity (Wildman–Crippen MR) is 70.4 cm³/mol. The predicted octanol–water partition coefficient (Wildman–Crippen LogP) is 3.46. The molecule has 3 heteroatoms. The summed E-state index contributed by atoms with van der Waals surface area (Å²) >= 11 is 0. The molecule has 0 heterocycles. The maximum atomic E-state index is 12.0. The molecule has 1 N–H and O–H groups in total. The second-order valence-corrected chi connectivity index (χ2v) is 5.35. The molecule has 0 aromatic heterocycles. The molecule has 1 rings (SSSR count). The minimum absolute atomic E-state index is 0.276. The summed E-state index contributed by atoms with van der Waals surface area (Å²) in [6.45, 7) is 9.66. The number of anilines is 1. The largest absolute Gasteiger partial charge is 0.456 e. The van der Waals surface area contributed by atoms with E-state index in [1.54, 1.807) is 6.07 Å². The smallest absolute Gasteiger partial charge is 0.340 e. The van der Waals surface area contributed by atoms with Crippen LogP contribution in [0.3, 0.4) is 0 Å². The number of carbonyl (C=O) groups excluding carboxylic acids is 1. The van der Waals surface area contributed by atoms with Crippen LogP contribution in [0.5, 0.6) is 0 Å². The summed E-state index contributed by atoms with van der Waals surface area (Å²) in [4.78, 5) is 12.0. The molecule has 0 aliphatic carbocycles. The first kappa shape index (κ1) is 13.6. The fourth-order valence-corrected chi connectivity index (χ4v) is 1.43. The molecule has 94 valence electrons. The number of para-hydroxylation sites is 1. The summed E-state index contributed by atoms with van der Waals surface area (Å²) in [6, 6.07) is 7.68. The van der Waals surface area contributed by atoms with E-state index < -0.39 is 5.60 Å². The van der Waals surface area contributed by atoms with Crippen LogP contribution in [0.25, 0.3) is 0 Å². The number of ether oxygens (including phenoxy) is 1. The Balaban J connectivity index is 2.93. The van der Waals surface area contributed by atoms with Crippen molar-refractivity contribution in [2.45, 2.75) is 46.3 Å². The van der Waals surface area contributed by atoms with Gasteiger partial charge in [0.25, 0.3) is 0 Å². The van der Waals surface area contributed by atoms with Gasteiger partial charge in [-0.1, -0.05) is 12.1 Å². The molecule has 0 fully saturated rings. The molecule has 0 atom stereocenters. The number of nitrogens with one attached hydrogen (secondary N) is 1. The fraction of sp³-hybridized carbons (Fsp3) is 0.500. The number of carbonyl (C=O) groups is 1. The van der Waals surface area contributed by atoms with E-state index in [-0.39, 0.29) is 12.0 Å². The van der Waals surface area contributed by atoms with Gasteiger partial charge in [0, 0.05) is 11.7 Å². The lowest BCUT2D eigenvalue weighted by atomic mass is 10.1. The topological polar surface area (TPSA) is 38.3 Å². The van der Waals surface area contributed by atoms with Crippen molar-refractivity contribution in [3.8, 4) is 0 Å². The highest BCUT2D eigenvalue weighted by Gasteiger charge is 2.20. The summed E-state index contributed by atoms with van der Waals surface area (Å²) in [5.74, 6) is -0.291. The minimum Gasteiger partial charge on any atom is -0.456 e. The summed E-state index contributed by atoms with van der Waals surface area (Å²) in [5.41, 5.74) is 0.926. The number of rotatable bonds is 3. The molecule has 0 saturated carbocycles. The van der Waals surface area contributed by atoms with Gasteiger partial charge in [-0.05, 0) is 46.8 Å². The van der Waals surface area contributed by atoms with Gasteiger partial charge in [-0.25, -0.2) is 4.79 Å². The normalized spacial score (nSPS) is 11.4. The average molecular weight is 235 g/mol. The van der Waals surface area contributed by atoms with Crippen molar-refractivity contribution in [1.82, 2.24) is 0 Å². The zero-order valence-corrected chi connectivity index (χ0v) is 11.2. The molecule has 1 aromatic carbocycles. The van der Waals surface area contributed by atoms with Crippen molar-refractivity contribution < 1.29 is 9.53 Å². The lowest BCUT2D eigenvalue weighted by Crippen LogP contribution is -2.25. The standard InChI is InChI=1S/C14H21NO2/c1-10(2)15-12-9-7-6-8-11(12)13(16)17-14(3,4)5/h6-10,15H,1-5H3. The van der Waals surface area contributed by atoms with Crippen LogP contribution in [-0.4, -0.2) is 17.6 Å². The Kier molecular flexibility index (Phi) is 4.16. The van der Waals surface area contributed by atoms with Crippen LogP contribution >= 0.6 is 0 Å². The fourth-order valence-electron chi connectivity index (χ4n) is 1.43. The zero-order chi connectivity index (χ0) is 13.1. The summed E-state index contributed by atoms with van der Waals surface area (Å²) < 4.78 is 5.37. The average Bonchev–Trinajstić information content (AvgIpc) is 2.14. The van der Waals surface area contributed by atoms with Gasteiger partial charge >= 0.3 is 5.97 Å². The second kappa shape index (κ2) is 5.21. The number of esters is 1. The van der Waals surface area contributed by atoms with E-state index in [1.807, 2.05) is 52.8 Å². The molecule has 17 heavy (non-hydrogen) atoms. The van der Waals surface area contributed by atoms with Gasteiger partial charge in [0.2, 0.25) is 0 Å². The Bertz CT molecular complexity index is 391. The highest BCUT2D eigenvalue weighted by molar-refractivity contribution is 5.95. The summed E-state index contributed by atoms with van der Waals surface area (Å²) in [6.07, 6.45) is 0. The summed E-state index contributed by atoms with van der Waals surface area (Å²) in [7, 11) is 0. The Morgan fingerprint density at radius 3 is 2.35 bits per heavy atom. The Morgan fingerprint density at radius 1 is 1.24 bits per heavy atom. The SMILES string of the molecule is CC(C)Nc1ccccc1C(=O)OC(C)(C)C. The van der Waals surface area contributed by atoms with E-state index in [2.05, 4.69) is 5.32 Å². The number of benzene rings is 1. The van der Waals surface area contributed by atoms with Gasteiger partial charge < -0.3 is 10.1 Å². The van der Waals surface area contributed by atoms with Gasteiger partial charge in [0.05, 0.1) is 5.56 Å². The van der Waals surface area contributed by atoms with Crippen molar-refractivity contribution >= 4 is 11.7 Å². The molecule has 0 aliphatic rings. The highest BCUT2D eigenvalue weighted by Crippen LogP contribution is 2.20. The van der Waals surface area contributed by atoms with Crippen molar-refractivity contribution in [1.29, 1.82) is 0 Å². The van der Waals surface area contributed by atoms with Crippen molar-refractivity contribution in [3.63, 3.8) is 0 Å². The Labute approximate surface area is 103 Å². The van der Waals surface area contributed by atoms with E-state index in [0.29, 0.717) is 5.56 Å². The first-order chi connectivity index (χ1) is 7.79.